The summed E-state index contributed by atoms with van der Waals surface area (Å²) in [5.74, 6) is 0. The van der Waals surface area contributed by atoms with Gasteiger partial charge in [0.05, 0.1) is 0 Å². The molecule has 2 aliphatic carbocycles. The highest BCUT2D eigenvalue weighted by atomic mass is 15.0. The molecular formula is C22H29N. The van der Waals surface area contributed by atoms with E-state index in [1.54, 1.807) is 11.1 Å². The molecule has 2 aliphatic rings. The fraction of sp³-hybridized carbons (Fsp3) is 0.455. The summed E-state index contributed by atoms with van der Waals surface area (Å²) in [4.78, 5) is 2.27. The van der Waals surface area contributed by atoms with Gasteiger partial charge >= 0.3 is 0 Å². The van der Waals surface area contributed by atoms with E-state index in [1.807, 2.05) is 0 Å². The molecule has 0 N–H and O–H groups in total. The Morgan fingerprint density at radius 1 is 1.04 bits per heavy atom. The SMILES string of the molecule is CCC1=CC2=C(CC1)CCc1ccccc1/C2=C/CCN(C)C. The van der Waals surface area contributed by atoms with Crippen LogP contribution in [-0.2, 0) is 6.42 Å². The van der Waals surface area contributed by atoms with Crippen LogP contribution in [0.3, 0.4) is 0 Å². The second-order valence-electron chi connectivity index (χ2n) is 7.04. The van der Waals surface area contributed by atoms with E-state index in [0.29, 0.717) is 0 Å². The quantitative estimate of drug-likeness (QED) is 0.720. The minimum Gasteiger partial charge on any atom is -0.309 e. The van der Waals surface area contributed by atoms with Gasteiger partial charge in [-0.15, -0.1) is 0 Å². The van der Waals surface area contributed by atoms with Gasteiger partial charge in [0.25, 0.3) is 0 Å². The highest BCUT2D eigenvalue weighted by Gasteiger charge is 2.21. The zero-order chi connectivity index (χ0) is 16.2. The molecule has 0 heterocycles. The van der Waals surface area contributed by atoms with Crippen molar-refractivity contribution in [1.82, 2.24) is 4.90 Å². The molecule has 122 valence electrons. The number of rotatable bonds is 4. The zero-order valence-electron chi connectivity index (χ0n) is 14.9. The molecule has 0 saturated heterocycles. The van der Waals surface area contributed by atoms with Crippen LogP contribution >= 0.6 is 0 Å². The maximum atomic E-state index is 2.50. The number of fused-ring (bicyclic) bond motifs is 1. The van der Waals surface area contributed by atoms with Crippen molar-refractivity contribution in [3.63, 3.8) is 0 Å². The van der Waals surface area contributed by atoms with E-state index in [4.69, 9.17) is 0 Å². The molecule has 0 bridgehead atoms. The topological polar surface area (TPSA) is 3.24 Å². The van der Waals surface area contributed by atoms with Crippen molar-refractivity contribution in [2.24, 2.45) is 0 Å². The van der Waals surface area contributed by atoms with Gasteiger partial charge in [0, 0.05) is 6.54 Å². The lowest BCUT2D eigenvalue weighted by Gasteiger charge is -2.20. The second kappa shape index (κ2) is 7.31. The first-order chi connectivity index (χ1) is 11.2. The summed E-state index contributed by atoms with van der Waals surface area (Å²) in [6, 6.07) is 9.02. The van der Waals surface area contributed by atoms with Crippen LogP contribution in [-0.4, -0.2) is 25.5 Å². The van der Waals surface area contributed by atoms with E-state index in [0.717, 1.165) is 13.0 Å². The Hall–Kier alpha value is -1.60. The number of allylic oxidation sites excluding steroid dienone is 5. The smallest absolute Gasteiger partial charge is 0.00101 e. The normalized spacial score (nSPS) is 19.5. The Morgan fingerprint density at radius 3 is 2.61 bits per heavy atom. The van der Waals surface area contributed by atoms with Gasteiger partial charge in [-0.25, -0.2) is 0 Å². The van der Waals surface area contributed by atoms with Crippen LogP contribution in [0.1, 0.15) is 50.2 Å². The van der Waals surface area contributed by atoms with Gasteiger partial charge in [-0.2, -0.15) is 0 Å². The fourth-order valence-electron chi connectivity index (χ4n) is 3.75. The minimum atomic E-state index is 1.11. The Bertz CT molecular complexity index is 658. The summed E-state index contributed by atoms with van der Waals surface area (Å²) in [6.07, 6.45) is 12.2. The highest BCUT2D eigenvalue weighted by molar-refractivity contribution is 5.85. The monoisotopic (exact) mass is 307 g/mol. The lowest BCUT2D eigenvalue weighted by Crippen LogP contribution is -2.12. The molecule has 0 atom stereocenters. The number of benzene rings is 1. The number of nitrogens with zero attached hydrogens (tertiary/aromatic N) is 1. The summed E-state index contributed by atoms with van der Waals surface area (Å²) >= 11 is 0. The second-order valence-corrected chi connectivity index (χ2v) is 7.04. The maximum Gasteiger partial charge on any atom is 0.00101 e. The highest BCUT2D eigenvalue weighted by Crippen LogP contribution is 2.40. The van der Waals surface area contributed by atoms with E-state index in [-0.39, 0.29) is 0 Å². The minimum absolute atomic E-state index is 1.11. The largest absolute Gasteiger partial charge is 0.309 e. The third-order valence-corrected chi connectivity index (χ3v) is 5.15. The summed E-state index contributed by atoms with van der Waals surface area (Å²) in [6.45, 7) is 3.40. The Morgan fingerprint density at radius 2 is 1.83 bits per heavy atom. The van der Waals surface area contributed by atoms with Gasteiger partial charge in [-0.05, 0) is 74.9 Å². The molecule has 0 aromatic heterocycles. The van der Waals surface area contributed by atoms with Crippen molar-refractivity contribution in [1.29, 1.82) is 0 Å². The lowest BCUT2D eigenvalue weighted by atomic mass is 9.85. The van der Waals surface area contributed by atoms with Gasteiger partial charge < -0.3 is 4.90 Å². The molecule has 0 unspecified atom stereocenters. The maximum absolute atomic E-state index is 2.50. The first-order valence-corrected chi connectivity index (χ1v) is 9.04. The average molecular weight is 307 g/mol. The van der Waals surface area contributed by atoms with E-state index < -0.39 is 0 Å². The van der Waals surface area contributed by atoms with Gasteiger partial charge in [-0.1, -0.05) is 54.5 Å². The first-order valence-electron chi connectivity index (χ1n) is 9.04. The molecule has 0 spiro atoms. The molecule has 1 aromatic carbocycles. The Labute approximate surface area is 141 Å². The molecule has 3 rings (SSSR count). The van der Waals surface area contributed by atoms with Gasteiger partial charge in [-0.3, -0.25) is 0 Å². The number of aryl methyl sites for hydroxylation is 1. The molecule has 1 heteroatoms. The van der Waals surface area contributed by atoms with Crippen LogP contribution in [0.5, 0.6) is 0 Å². The number of hydrogen-bond acceptors (Lipinski definition) is 1. The van der Waals surface area contributed by atoms with Crippen LogP contribution in [0.25, 0.3) is 5.57 Å². The van der Waals surface area contributed by atoms with Crippen LogP contribution in [0.4, 0.5) is 0 Å². The summed E-state index contributed by atoms with van der Waals surface area (Å²) < 4.78 is 0. The molecule has 0 aliphatic heterocycles. The average Bonchev–Trinajstić information content (AvgIpc) is 2.71. The lowest BCUT2D eigenvalue weighted by molar-refractivity contribution is 0.417. The van der Waals surface area contributed by atoms with E-state index >= 15 is 0 Å². The molecule has 0 saturated carbocycles. The Kier molecular flexibility index (Phi) is 5.17. The first kappa shape index (κ1) is 16.3. The van der Waals surface area contributed by atoms with Crippen molar-refractivity contribution < 1.29 is 0 Å². The van der Waals surface area contributed by atoms with Crippen LogP contribution in [0, 0.1) is 0 Å². The zero-order valence-corrected chi connectivity index (χ0v) is 14.9. The van der Waals surface area contributed by atoms with E-state index in [9.17, 15) is 0 Å². The van der Waals surface area contributed by atoms with E-state index in [2.05, 4.69) is 62.3 Å². The Balaban J connectivity index is 2.04. The van der Waals surface area contributed by atoms with Crippen molar-refractivity contribution in [2.45, 2.75) is 45.4 Å². The van der Waals surface area contributed by atoms with Crippen LogP contribution < -0.4 is 0 Å². The van der Waals surface area contributed by atoms with Gasteiger partial charge in [0.15, 0.2) is 0 Å². The summed E-state index contributed by atoms with van der Waals surface area (Å²) in [5, 5.41) is 0. The molecule has 0 amide bonds. The van der Waals surface area contributed by atoms with Gasteiger partial charge in [0.2, 0.25) is 0 Å². The van der Waals surface area contributed by atoms with Crippen molar-refractivity contribution >= 4 is 5.57 Å². The standard InChI is InChI=1S/C22H29N/c1-4-17-11-12-19-14-13-18-8-5-6-9-20(18)21(22(19)16-17)10-7-15-23(2)3/h5-6,8-10,16H,4,7,11-15H2,1-3H3/b21-10-. The number of hydrogen-bond donors (Lipinski definition) is 0. The van der Waals surface area contributed by atoms with E-state index in [1.165, 1.54) is 54.4 Å². The third-order valence-electron chi connectivity index (χ3n) is 5.15. The molecule has 0 fully saturated rings. The van der Waals surface area contributed by atoms with Gasteiger partial charge in [0.1, 0.15) is 0 Å². The molecule has 1 nitrogen and oxygen atoms in total. The third kappa shape index (κ3) is 3.67. The molecular weight excluding hydrogens is 278 g/mol. The summed E-state index contributed by atoms with van der Waals surface area (Å²) in [7, 11) is 4.31. The van der Waals surface area contributed by atoms with Crippen molar-refractivity contribution in [2.75, 3.05) is 20.6 Å². The molecule has 0 radical (unpaired) electrons. The molecule has 1 aromatic rings. The fourth-order valence-corrected chi connectivity index (χ4v) is 3.75. The molecule has 23 heavy (non-hydrogen) atoms. The van der Waals surface area contributed by atoms with Crippen LogP contribution in [0.2, 0.25) is 0 Å². The van der Waals surface area contributed by atoms with Crippen molar-refractivity contribution in [3.8, 4) is 0 Å². The van der Waals surface area contributed by atoms with Crippen molar-refractivity contribution in [3.05, 3.63) is 64.3 Å². The predicted molar refractivity (Wildman–Crippen MR) is 101 cm³/mol. The summed E-state index contributed by atoms with van der Waals surface area (Å²) in [5.41, 5.74) is 9.29. The predicted octanol–water partition coefficient (Wildman–Crippen LogP) is 5.39. The van der Waals surface area contributed by atoms with Crippen LogP contribution in [0.15, 0.2) is 53.1 Å².